The molecule has 0 spiro atoms. The predicted octanol–water partition coefficient (Wildman–Crippen LogP) is 3.49. The van der Waals surface area contributed by atoms with Gasteiger partial charge in [-0.3, -0.25) is 4.90 Å². The van der Waals surface area contributed by atoms with Crippen molar-refractivity contribution in [3.63, 3.8) is 0 Å². The number of nitrogens with zero attached hydrogens (tertiary/aromatic N) is 1. The van der Waals surface area contributed by atoms with Gasteiger partial charge in [-0.15, -0.1) is 12.4 Å². The monoisotopic (exact) mass is 368 g/mol. The summed E-state index contributed by atoms with van der Waals surface area (Å²) < 4.78 is 11.4. The molecule has 1 unspecified atom stereocenters. The third-order valence-corrected chi connectivity index (χ3v) is 5.30. The van der Waals surface area contributed by atoms with Gasteiger partial charge in [0.1, 0.15) is 12.4 Å². The van der Waals surface area contributed by atoms with Gasteiger partial charge in [-0.25, -0.2) is 0 Å². The highest BCUT2D eigenvalue weighted by Gasteiger charge is 2.19. The lowest BCUT2D eigenvalue weighted by Gasteiger charge is -2.32. The highest BCUT2D eigenvalue weighted by molar-refractivity contribution is 5.85. The minimum Gasteiger partial charge on any atom is -0.491 e. The summed E-state index contributed by atoms with van der Waals surface area (Å²) in [4.78, 5) is 2.58. The van der Waals surface area contributed by atoms with Crippen molar-refractivity contribution >= 4 is 12.4 Å². The number of hydrogen-bond donors (Lipinski definition) is 1. The highest BCUT2D eigenvalue weighted by Crippen LogP contribution is 2.22. The maximum atomic E-state index is 5.84. The van der Waals surface area contributed by atoms with Gasteiger partial charge in [0.15, 0.2) is 0 Å². The summed E-state index contributed by atoms with van der Waals surface area (Å²) in [6, 6.07) is 8.61. The largest absolute Gasteiger partial charge is 0.491 e. The molecule has 2 saturated heterocycles. The molecule has 0 aromatic heterocycles. The van der Waals surface area contributed by atoms with E-state index in [2.05, 4.69) is 34.5 Å². The van der Waals surface area contributed by atoms with E-state index in [1.807, 2.05) is 7.05 Å². The lowest BCUT2D eigenvalue weighted by atomic mass is 9.93. The van der Waals surface area contributed by atoms with Crippen LogP contribution in [-0.4, -0.2) is 50.9 Å². The van der Waals surface area contributed by atoms with Crippen LogP contribution in [0.5, 0.6) is 5.75 Å². The third-order valence-electron chi connectivity index (χ3n) is 5.30. The van der Waals surface area contributed by atoms with Gasteiger partial charge >= 0.3 is 0 Å². The molecule has 2 aliphatic rings. The number of ether oxygens (including phenoxy) is 2. The van der Waals surface area contributed by atoms with E-state index in [0.29, 0.717) is 6.61 Å². The number of nitrogens with one attached hydrogen (secondary N) is 1. The van der Waals surface area contributed by atoms with Crippen LogP contribution in [0.1, 0.15) is 37.7 Å². The topological polar surface area (TPSA) is 33.7 Å². The highest BCUT2D eigenvalue weighted by atomic mass is 35.5. The zero-order valence-electron chi connectivity index (χ0n) is 15.4. The molecule has 25 heavy (non-hydrogen) atoms. The summed E-state index contributed by atoms with van der Waals surface area (Å²) in [5, 5.41) is 3.27. The van der Waals surface area contributed by atoms with Crippen LogP contribution in [0.2, 0.25) is 0 Å². The average molecular weight is 369 g/mol. The van der Waals surface area contributed by atoms with Crippen molar-refractivity contribution in [2.24, 2.45) is 5.92 Å². The average Bonchev–Trinajstić information content (AvgIpc) is 3.14. The fourth-order valence-electron chi connectivity index (χ4n) is 3.70. The fourth-order valence-corrected chi connectivity index (χ4v) is 3.70. The molecule has 2 heterocycles. The minimum atomic E-state index is 0. The number of hydrogen-bond acceptors (Lipinski definition) is 4. The van der Waals surface area contributed by atoms with Crippen LogP contribution in [-0.2, 0) is 11.3 Å². The maximum absolute atomic E-state index is 5.84. The Labute approximate surface area is 158 Å². The minimum absolute atomic E-state index is 0. The van der Waals surface area contributed by atoms with E-state index in [-0.39, 0.29) is 18.5 Å². The Kier molecular flexibility index (Phi) is 9.04. The predicted molar refractivity (Wildman–Crippen MR) is 105 cm³/mol. The Balaban J connectivity index is 0.00000225. The van der Waals surface area contributed by atoms with E-state index in [1.54, 1.807) is 0 Å². The first-order valence-corrected chi connectivity index (χ1v) is 9.54. The van der Waals surface area contributed by atoms with Gasteiger partial charge in [0.2, 0.25) is 0 Å². The quantitative estimate of drug-likeness (QED) is 0.761. The van der Waals surface area contributed by atoms with Crippen molar-refractivity contribution in [3.05, 3.63) is 29.8 Å². The van der Waals surface area contributed by atoms with Gasteiger partial charge in [0.05, 0.1) is 6.10 Å². The van der Waals surface area contributed by atoms with E-state index >= 15 is 0 Å². The second-order valence-electron chi connectivity index (χ2n) is 7.20. The molecule has 1 N–H and O–H groups in total. The van der Waals surface area contributed by atoms with Crippen LogP contribution in [0.15, 0.2) is 24.3 Å². The van der Waals surface area contributed by atoms with Gasteiger partial charge < -0.3 is 14.8 Å². The summed E-state index contributed by atoms with van der Waals surface area (Å²) in [5.74, 6) is 1.86. The number of piperidine rings is 1. The van der Waals surface area contributed by atoms with E-state index in [9.17, 15) is 0 Å². The fraction of sp³-hybridized carbons (Fsp3) is 0.700. The van der Waals surface area contributed by atoms with Gasteiger partial charge in [0, 0.05) is 13.2 Å². The van der Waals surface area contributed by atoms with Crippen LogP contribution in [0.4, 0.5) is 0 Å². The summed E-state index contributed by atoms with van der Waals surface area (Å²) in [7, 11) is 2.04. The van der Waals surface area contributed by atoms with E-state index in [4.69, 9.17) is 9.47 Å². The zero-order valence-corrected chi connectivity index (χ0v) is 16.2. The Morgan fingerprint density at radius 3 is 2.56 bits per heavy atom. The first kappa shape index (κ1) is 20.5. The molecule has 0 saturated carbocycles. The van der Waals surface area contributed by atoms with Gasteiger partial charge in [-0.1, -0.05) is 12.1 Å². The van der Waals surface area contributed by atoms with Crippen molar-refractivity contribution in [1.82, 2.24) is 10.2 Å². The Bertz CT molecular complexity index is 469. The standard InChI is InChI=1S/C20H32N2O2.ClH/c1-21-11-8-17-9-12-22(13-10-17)15-18-4-6-19(7-5-18)24-16-20-3-2-14-23-20;/h4-7,17,20-21H,2-3,8-16H2,1H3;1H. The Hall–Kier alpha value is -0.810. The molecule has 1 atom stereocenters. The molecule has 3 rings (SSSR count). The van der Waals surface area contributed by atoms with Crippen LogP contribution in [0.25, 0.3) is 0 Å². The molecule has 1 aromatic carbocycles. The molecule has 2 aliphatic heterocycles. The second-order valence-corrected chi connectivity index (χ2v) is 7.20. The van der Waals surface area contributed by atoms with Crippen molar-refractivity contribution in [2.75, 3.05) is 39.9 Å². The summed E-state index contributed by atoms with van der Waals surface area (Å²) >= 11 is 0. The summed E-state index contributed by atoms with van der Waals surface area (Å²) in [6.07, 6.45) is 6.57. The molecule has 2 fully saturated rings. The first-order chi connectivity index (χ1) is 11.8. The first-order valence-electron chi connectivity index (χ1n) is 9.54. The lowest BCUT2D eigenvalue weighted by Crippen LogP contribution is -2.34. The molecule has 0 radical (unpaired) electrons. The van der Waals surface area contributed by atoms with Gasteiger partial charge in [-0.2, -0.15) is 0 Å². The second kappa shape index (κ2) is 11.0. The van der Waals surface area contributed by atoms with Crippen molar-refractivity contribution in [3.8, 4) is 5.75 Å². The SMILES string of the molecule is CNCCC1CCN(Cc2ccc(OCC3CCCO3)cc2)CC1.Cl. The molecule has 4 nitrogen and oxygen atoms in total. The molecule has 0 amide bonds. The zero-order chi connectivity index (χ0) is 16.6. The molecule has 5 heteroatoms. The van der Waals surface area contributed by atoms with Crippen molar-refractivity contribution in [2.45, 2.75) is 44.8 Å². The normalized spacial score (nSPS) is 21.9. The number of benzene rings is 1. The van der Waals surface area contributed by atoms with Crippen molar-refractivity contribution in [1.29, 1.82) is 0 Å². The molecule has 1 aromatic rings. The van der Waals surface area contributed by atoms with Gasteiger partial charge in [0.25, 0.3) is 0 Å². The van der Waals surface area contributed by atoms with E-state index in [1.165, 1.54) is 44.3 Å². The Morgan fingerprint density at radius 2 is 1.92 bits per heavy atom. The van der Waals surface area contributed by atoms with Gasteiger partial charge in [-0.05, 0) is 82.4 Å². The van der Waals surface area contributed by atoms with Crippen molar-refractivity contribution < 1.29 is 9.47 Å². The van der Waals surface area contributed by atoms with Crippen LogP contribution < -0.4 is 10.1 Å². The molecular formula is C20H33ClN2O2. The maximum Gasteiger partial charge on any atom is 0.119 e. The Morgan fingerprint density at radius 1 is 1.16 bits per heavy atom. The molecule has 142 valence electrons. The lowest BCUT2D eigenvalue weighted by molar-refractivity contribution is 0.0679. The summed E-state index contributed by atoms with van der Waals surface area (Å²) in [6.45, 7) is 6.23. The molecular weight excluding hydrogens is 336 g/mol. The number of halogens is 1. The number of rotatable bonds is 8. The summed E-state index contributed by atoms with van der Waals surface area (Å²) in [5.41, 5.74) is 1.38. The van der Waals surface area contributed by atoms with E-state index < -0.39 is 0 Å². The van der Waals surface area contributed by atoms with E-state index in [0.717, 1.165) is 37.8 Å². The number of likely N-dealkylation sites (tertiary alicyclic amines) is 1. The van der Waals surface area contributed by atoms with Crippen LogP contribution in [0.3, 0.4) is 0 Å². The van der Waals surface area contributed by atoms with Crippen LogP contribution in [0, 0.1) is 5.92 Å². The van der Waals surface area contributed by atoms with Crippen LogP contribution >= 0.6 is 12.4 Å². The molecule has 0 bridgehead atoms. The molecule has 0 aliphatic carbocycles. The third kappa shape index (κ3) is 6.78. The smallest absolute Gasteiger partial charge is 0.119 e.